The summed E-state index contributed by atoms with van der Waals surface area (Å²) in [4.78, 5) is 12.5. The Bertz CT molecular complexity index is 1570. The predicted molar refractivity (Wildman–Crippen MR) is 198 cm³/mol. The van der Waals surface area contributed by atoms with E-state index in [9.17, 15) is 15.0 Å². The van der Waals surface area contributed by atoms with E-state index in [1.165, 1.54) is 5.56 Å². The van der Waals surface area contributed by atoms with Gasteiger partial charge in [-0.3, -0.25) is 4.79 Å². The van der Waals surface area contributed by atoms with Crippen molar-refractivity contribution < 1.29 is 24.5 Å². The minimum absolute atomic E-state index is 0.152. The number of carbonyl (C=O) groups is 1. The quantitative estimate of drug-likeness (QED) is 0.0695. The Kier molecular flexibility index (Phi) is 15.7. The molecule has 4 aromatic carbocycles. The molecule has 1 amide bonds. The van der Waals surface area contributed by atoms with Crippen LogP contribution in [0.25, 0.3) is 0 Å². The molecule has 7 nitrogen and oxygen atoms in total. The highest BCUT2D eigenvalue weighted by Crippen LogP contribution is 2.20. The van der Waals surface area contributed by atoms with E-state index < -0.39 is 18.1 Å². The Morgan fingerprint density at radius 3 is 1.69 bits per heavy atom. The fourth-order valence-corrected chi connectivity index (χ4v) is 5.90. The maximum absolute atomic E-state index is 12.5. The summed E-state index contributed by atoms with van der Waals surface area (Å²) in [6.45, 7) is 5.82. The normalized spacial score (nSPS) is 13.7. The van der Waals surface area contributed by atoms with Crippen LogP contribution in [0.5, 0.6) is 11.5 Å². The van der Waals surface area contributed by atoms with Gasteiger partial charge in [-0.2, -0.15) is 0 Å². The summed E-state index contributed by atoms with van der Waals surface area (Å²) >= 11 is 12.0. The van der Waals surface area contributed by atoms with Crippen LogP contribution in [0.4, 0.5) is 0 Å². The number of unbranched alkanes of at least 4 members (excludes halogenated alkanes) is 3. The van der Waals surface area contributed by atoms with Gasteiger partial charge in [0.15, 0.2) is 6.10 Å². The molecule has 262 valence electrons. The van der Waals surface area contributed by atoms with Crippen LogP contribution in [0.3, 0.4) is 0 Å². The maximum Gasteiger partial charge on any atom is 0.253 e. The third kappa shape index (κ3) is 13.7. The second-order valence-corrected chi connectivity index (χ2v) is 13.4. The summed E-state index contributed by atoms with van der Waals surface area (Å²) in [5.41, 5.74) is 3.56. The lowest BCUT2D eigenvalue weighted by Gasteiger charge is -2.18. The molecule has 0 aromatic heterocycles. The van der Waals surface area contributed by atoms with E-state index in [0.717, 1.165) is 54.7 Å². The summed E-state index contributed by atoms with van der Waals surface area (Å²) in [6.07, 6.45) is 3.71. The molecule has 0 heterocycles. The molecule has 49 heavy (non-hydrogen) atoms. The first-order valence-electron chi connectivity index (χ1n) is 17.0. The van der Waals surface area contributed by atoms with Crippen molar-refractivity contribution >= 4 is 29.1 Å². The van der Waals surface area contributed by atoms with Crippen LogP contribution in [-0.2, 0) is 17.6 Å². The Balaban J connectivity index is 1.03. The molecular weight excluding hydrogens is 659 g/mol. The fraction of sp³-hybridized carbons (Fsp3) is 0.375. The smallest absolute Gasteiger partial charge is 0.253 e. The lowest BCUT2D eigenvalue weighted by atomic mass is 10.1. The number of hydrogen-bond donors (Lipinski definition) is 4. The van der Waals surface area contributed by atoms with E-state index in [-0.39, 0.29) is 12.1 Å². The van der Waals surface area contributed by atoms with Crippen LogP contribution in [0, 0.1) is 0 Å². The molecule has 0 radical (unpaired) electrons. The minimum atomic E-state index is -1.26. The number of amides is 1. The van der Waals surface area contributed by atoms with Crippen molar-refractivity contribution in [2.45, 2.75) is 76.7 Å². The zero-order valence-corrected chi connectivity index (χ0v) is 29.8. The second-order valence-electron chi connectivity index (χ2n) is 12.6. The van der Waals surface area contributed by atoms with E-state index in [4.69, 9.17) is 32.7 Å². The van der Waals surface area contributed by atoms with Crippen LogP contribution in [0.1, 0.15) is 74.0 Å². The summed E-state index contributed by atoms with van der Waals surface area (Å²) < 4.78 is 11.9. The van der Waals surface area contributed by atoms with Crippen molar-refractivity contribution in [2.75, 3.05) is 19.8 Å². The van der Waals surface area contributed by atoms with Gasteiger partial charge in [-0.1, -0.05) is 71.7 Å². The number of benzene rings is 4. The summed E-state index contributed by atoms with van der Waals surface area (Å²) in [5.74, 6) is 1.25. The van der Waals surface area contributed by atoms with Crippen molar-refractivity contribution in [1.82, 2.24) is 10.6 Å². The second kappa shape index (κ2) is 20.2. The zero-order chi connectivity index (χ0) is 35.0. The number of ether oxygens (including phenoxy) is 2. The highest BCUT2D eigenvalue weighted by atomic mass is 35.5. The molecule has 4 aromatic rings. The third-order valence-electron chi connectivity index (χ3n) is 8.20. The topological polar surface area (TPSA) is 100 Å². The molecule has 0 saturated carbocycles. The molecule has 0 unspecified atom stereocenters. The lowest BCUT2D eigenvalue weighted by Crippen LogP contribution is -2.37. The maximum atomic E-state index is 12.5. The number of halogens is 2. The number of aliphatic hydroxyl groups excluding tert-OH is 2. The van der Waals surface area contributed by atoms with Gasteiger partial charge in [0.25, 0.3) is 5.91 Å². The molecule has 0 fully saturated rings. The first-order valence-corrected chi connectivity index (χ1v) is 17.8. The third-order valence-corrected chi connectivity index (χ3v) is 8.67. The Hall–Kier alpha value is -3.59. The van der Waals surface area contributed by atoms with Crippen molar-refractivity contribution in [3.05, 3.63) is 129 Å². The summed E-state index contributed by atoms with van der Waals surface area (Å²) in [6, 6.07) is 30.2. The summed E-state index contributed by atoms with van der Waals surface area (Å²) in [5, 5.41) is 28.2. The number of hydrogen-bond acceptors (Lipinski definition) is 6. The molecule has 0 spiro atoms. The minimum Gasteiger partial charge on any atom is -0.494 e. The van der Waals surface area contributed by atoms with Crippen LogP contribution in [0.15, 0.2) is 97.1 Å². The highest BCUT2D eigenvalue weighted by molar-refractivity contribution is 6.30. The molecule has 0 aliphatic rings. The van der Waals surface area contributed by atoms with E-state index in [2.05, 4.69) is 29.7 Å². The van der Waals surface area contributed by atoms with Crippen molar-refractivity contribution in [3.63, 3.8) is 0 Å². The number of rotatable bonds is 20. The van der Waals surface area contributed by atoms with Gasteiger partial charge in [-0.15, -0.1) is 0 Å². The Morgan fingerprint density at radius 1 is 0.673 bits per heavy atom. The van der Waals surface area contributed by atoms with Gasteiger partial charge in [0.2, 0.25) is 0 Å². The van der Waals surface area contributed by atoms with E-state index in [0.29, 0.717) is 41.8 Å². The average molecular weight is 708 g/mol. The molecule has 0 aliphatic heterocycles. The van der Waals surface area contributed by atoms with Crippen LogP contribution in [0.2, 0.25) is 10.0 Å². The molecular formula is C40H48Cl2N2O5. The van der Waals surface area contributed by atoms with Gasteiger partial charge in [-0.25, -0.2) is 0 Å². The van der Waals surface area contributed by atoms with Gasteiger partial charge >= 0.3 is 0 Å². The van der Waals surface area contributed by atoms with Gasteiger partial charge in [-0.05, 0) is 123 Å². The van der Waals surface area contributed by atoms with E-state index in [1.54, 1.807) is 36.4 Å². The van der Waals surface area contributed by atoms with E-state index >= 15 is 0 Å². The highest BCUT2D eigenvalue weighted by Gasteiger charge is 2.19. The molecule has 4 atom stereocenters. The molecule has 0 aliphatic carbocycles. The molecule has 9 heteroatoms. The standard InChI is InChI=1S/C40H48Cl2N2O5/c1-28(43-27-38(45)32-9-7-11-34(41)25-32)23-30-13-17-36(18-14-30)48-21-5-3-4-6-22-49-37-19-15-31(16-20-37)24-29(2)44-40(47)39(46)33-10-8-12-35(42)26-33/h7-20,25-26,28-29,38-39,43,45-46H,3-6,21-24,27H2,1-2H3,(H,44,47)/t28-,29-,38+,39-/m1/s1. The van der Waals surface area contributed by atoms with Gasteiger partial charge in [0, 0.05) is 28.7 Å². The number of carbonyl (C=O) groups excluding carboxylic acids is 1. The monoisotopic (exact) mass is 706 g/mol. The van der Waals surface area contributed by atoms with Gasteiger partial charge in [0.1, 0.15) is 11.5 Å². The largest absolute Gasteiger partial charge is 0.494 e. The molecule has 0 bridgehead atoms. The first kappa shape index (κ1) is 38.2. The SMILES string of the molecule is C[C@H](Cc1ccc(OCCCCCCOc2ccc(C[C@@H](C)NC(=O)[C@H](O)c3cccc(Cl)c3)cc2)cc1)NC[C@H](O)c1cccc(Cl)c1. The first-order chi connectivity index (χ1) is 23.7. The Morgan fingerprint density at radius 2 is 1.16 bits per heavy atom. The van der Waals surface area contributed by atoms with Crippen LogP contribution in [-0.4, -0.2) is 48.0 Å². The van der Waals surface area contributed by atoms with Crippen molar-refractivity contribution in [1.29, 1.82) is 0 Å². The zero-order valence-electron chi connectivity index (χ0n) is 28.3. The summed E-state index contributed by atoms with van der Waals surface area (Å²) in [7, 11) is 0. The van der Waals surface area contributed by atoms with Crippen molar-refractivity contribution in [2.24, 2.45) is 0 Å². The number of nitrogens with one attached hydrogen (secondary N) is 2. The van der Waals surface area contributed by atoms with E-state index in [1.807, 2.05) is 55.5 Å². The fourth-order valence-electron chi connectivity index (χ4n) is 5.51. The lowest BCUT2D eigenvalue weighted by molar-refractivity contribution is -0.130. The van der Waals surface area contributed by atoms with Gasteiger partial charge < -0.3 is 30.3 Å². The van der Waals surface area contributed by atoms with Crippen LogP contribution < -0.4 is 20.1 Å². The molecule has 4 rings (SSSR count). The number of aliphatic hydroxyl groups is 2. The molecule has 4 N–H and O–H groups in total. The average Bonchev–Trinajstić information content (AvgIpc) is 3.09. The van der Waals surface area contributed by atoms with Crippen molar-refractivity contribution in [3.8, 4) is 11.5 Å². The Labute approximate surface area is 300 Å². The molecule has 0 saturated heterocycles. The van der Waals surface area contributed by atoms with Crippen LogP contribution >= 0.6 is 23.2 Å². The predicted octanol–water partition coefficient (Wildman–Crippen LogP) is 8.05. The van der Waals surface area contributed by atoms with Gasteiger partial charge in [0.05, 0.1) is 19.3 Å².